The number of azo groups is 1. The Morgan fingerprint density at radius 1 is 1.00 bits per heavy atom. The summed E-state index contributed by atoms with van der Waals surface area (Å²) in [5.74, 6) is -2.21. The minimum Gasteiger partial charge on any atom is -0.492 e. The van der Waals surface area contributed by atoms with Crippen molar-refractivity contribution in [3.8, 4) is 11.8 Å². The average Bonchev–Trinajstić information content (AvgIpc) is 3.08. The van der Waals surface area contributed by atoms with Crippen molar-refractivity contribution in [3.05, 3.63) is 53.6 Å². The molecule has 1 amide bonds. The van der Waals surface area contributed by atoms with Crippen LogP contribution in [0.1, 0.15) is 20.7 Å². The number of carbonyl (C=O) groups is 2. The summed E-state index contributed by atoms with van der Waals surface area (Å²) in [7, 11) is 0. The van der Waals surface area contributed by atoms with E-state index in [9.17, 15) is 19.8 Å². The topological polar surface area (TPSA) is 113 Å². The van der Waals surface area contributed by atoms with Crippen LogP contribution in [0.25, 0.3) is 10.8 Å². The molecule has 0 saturated carbocycles. The lowest BCUT2D eigenvalue weighted by Crippen LogP contribution is -2.19. The molecule has 1 aliphatic rings. The van der Waals surface area contributed by atoms with Gasteiger partial charge in [0.15, 0.2) is 0 Å². The first-order valence-electron chi connectivity index (χ1n) is 6.90. The van der Waals surface area contributed by atoms with Gasteiger partial charge in [-0.25, -0.2) is 4.79 Å². The number of carbonyl (C=O) groups excluding carboxylic acids is 2. The van der Waals surface area contributed by atoms with Crippen molar-refractivity contribution >= 4 is 28.3 Å². The maximum absolute atomic E-state index is 12.3. The molecule has 0 fully saturated rings. The van der Waals surface area contributed by atoms with Gasteiger partial charge in [0.2, 0.25) is 11.8 Å². The lowest BCUT2D eigenvalue weighted by atomic mass is 10.1. The fourth-order valence-corrected chi connectivity index (χ4v) is 2.49. The highest BCUT2D eigenvalue weighted by Gasteiger charge is 2.23. The summed E-state index contributed by atoms with van der Waals surface area (Å²) in [6, 6.07) is 10.7. The molecule has 1 aliphatic heterocycles. The molecule has 2 heterocycles. The van der Waals surface area contributed by atoms with Gasteiger partial charge in [-0.15, -0.1) is 15.0 Å². The van der Waals surface area contributed by atoms with Crippen LogP contribution >= 0.6 is 0 Å². The zero-order valence-corrected chi connectivity index (χ0v) is 12.0. The van der Waals surface area contributed by atoms with E-state index in [2.05, 4.69) is 10.2 Å². The van der Waals surface area contributed by atoms with E-state index in [1.807, 2.05) is 0 Å². The van der Waals surface area contributed by atoms with Crippen LogP contribution < -0.4 is 4.84 Å². The largest absolute Gasteiger partial charge is 0.492 e. The van der Waals surface area contributed by atoms with Crippen molar-refractivity contribution in [2.24, 2.45) is 10.2 Å². The second-order valence-corrected chi connectivity index (χ2v) is 5.10. The number of hydrogen-bond donors (Lipinski definition) is 2. The predicted molar refractivity (Wildman–Crippen MR) is 81.5 cm³/mol. The SMILES string of the molecule is O=C(On1c(O)c2ccccc2c1O)c1ccc2c(c1)C(=O)N=N2. The minimum atomic E-state index is -0.858. The molecule has 0 bridgehead atoms. The second-order valence-electron chi connectivity index (χ2n) is 5.10. The van der Waals surface area contributed by atoms with Crippen LogP contribution in [0.5, 0.6) is 11.8 Å². The van der Waals surface area contributed by atoms with E-state index in [0.717, 1.165) is 0 Å². The molecule has 8 nitrogen and oxygen atoms in total. The van der Waals surface area contributed by atoms with E-state index in [-0.39, 0.29) is 11.1 Å². The predicted octanol–water partition coefficient (Wildman–Crippen LogP) is 2.56. The monoisotopic (exact) mass is 323 g/mol. The van der Waals surface area contributed by atoms with Crippen molar-refractivity contribution in [3.63, 3.8) is 0 Å². The summed E-state index contributed by atoms with van der Waals surface area (Å²) in [6.07, 6.45) is 0. The third-order valence-corrected chi connectivity index (χ3v) is 3.68. The van der Waals surface area contributed by atoms with E-state index in [1.54, 1.807) is 24.3 Å². The zero-order valence-electron chi connectivity index (χ0n) is 12.0. The Morgan fingerprint density at radius 2 is 1.67 bits per heavy atom. The Balaban J connectivity index is 1.71. The van der Waals surface area contributed by atoms with Crippen LogP contribution in [0.15, 0.2) is 52.7 Å². The van der Waals surface area contributed by atoms with Crippen LogP contribution in [-0.4, -0.2) is 26.8 Å². The number of amides is 1. The molecular weight excluding hydrogens is 314 g/mol. The summed E-state index contributed by atoms with van der Waals surface area (Å²) in [6.45, 7) is 0. The molecule has 0 spiro atoms. The van der Waals surface area contributed by atoms with Gasteiger partial charge in [0.25, 0.3) is 5.91 Å². The van der Waals surface area contributed by atoms with Crippen molar-refractivity contribution in [1.29, 1.82) is 0 Å². The van der Waals surface area contributed by atoms with Crippen molar-refractivity contribution in [1.82, 2.24) is 4.73 Å². The normalized spacial score (nSPS) is 12.6. The van der Waals surface area contributed by atoms with Gasteiger partial charge in [0, 0.05) is 0 Å². The number of fused-ring (bicyclic) bond motifs is 2. The molecule has 118 valence electrons. The van der Waals surface area contributed by atoms with Gasteiger partial charge in [-0.2, -0.15) is 0 Å². The van der Waals surface area contributed by atoms with Gasteiger partial charge >= 0.3 is 5.97 Å². The van der Waals surface area contributed by atoms with Crippen molar-refractivity contribution in [2.45, 2.75) is 0 Å². The van der Waals surface area contributed by atoms with Gasteiger partial charge < -0.3 is 15.1 Å². The highest BCUT2D eigenvalue weighted by molar-refractivity contribution is 6.04. The summed E-state index contributed by atoms with van der Waals surface area (Å²) in [4.78, 5) is 28.8. The molecule has 0 unspecified atom stereocenters. The molecule has 1 aromatic heterocycles. The average molecular weight is 323 g/mol. The standard InChI is InChI=1S/C16H9N3O5/c20-13-11-7-8(5-6-12(11)17-18-13)16(23)24-19-14(21)9-3-1-2-4-10(9)15(19)22/h1-7,21-22H. The van der Waals surface area contributed by atoms with Gasteiger partial charge in [-0.05, 0) is 30.3 Å². The van der Waals surface area contributed by atoms with Gasteiger partial charge in [0.05, 0.1) is 27.6 Å². The third kappa shape index (κ3) is 1.93. The lowest BCUT2D eigenvalue weighted by molar-refractivity contribution is 0.0386. The van der Waals surface area contributed by atoms with E-state index in [1.165, 1.54) is 18.2 Å². The van der Waals surface area contributed by atoms with Gasteiger partial charge in [0.1, 0.15) is 0 Å². The number of aromatic nitrogens is 1. The number of benzene rings is 2. The number of hydrogen-bond acceptors (Lipinski definition) is 6. The third-order valence-electron chi connectivity index (χ3n) is 3.68. The number of rotatable bonds is 2. The molecule has 2 aromatic carbocycles. The van der Waals surface area contributed by atoms with E-state index in [0.29, 0.717) is 21.2 Å². The zero-order chi connectivity index (χ0) is 16.8. The summed E-state index contributed by atoms with van der Waals surface area (Å²) >= 11 is 0. The Labute approximate surface area is 134 Å². The minimum absolute atomic E-state index is 0.0611. The number of aromatic hydroxyl groups is 2. The fraction of sp³-hybridized carbons (Fsp3) is 0. The van der Waals surface area contributed by atoms with Crippen LogP contribution in [0, 0.1) is 0 Å². The maximum atomic E-state index is 12.3. The van der Waals surface area contributed by atoms with E-state index in [4.69, 9.17) is 4.84 Å². The van der Waals surface area contributed by atoms with Crippen LogP contribution in [-0.2, 0) is 0 Å². The molecule has 4 rings (SSSR count). The Morgan fingerprint density at radius 3 is 2.33 bits per heavy atom. The maximum Gasteiger partial charge on any atom is 0.363 e. The number of nitrogens with zero attached hydrogens (tertiary/aromatic N) is 3. The second kappa shape index (κ2) is 4.92. The Hall–Kier alpha value is -3.68. The Kier molecular flexibility index (Phi) is 2.86. The highest BCUT2D eigenvalue weighted by Crippen LogP contribution is 2.35. The molecule has 0 saturated heterocycles. The van der Waals surface area contributed by atoms with Crippen molar-refractivity contribution in [2.75, 3.05) is 0 Å². The molecule has 0 radical (unpaired) electrons. The van der Waals surface area contributed by atoms with E-state index < -0.39 is 23.6 Å². The molecular formula is C16H9N3O5. The first-order valence-corrected chi connectivity index (χ1v) is 6.90. The fourth-order valence-electron chi connectivity index (χ4n) is 2.49. The lowest BCUT2D eigenvalue weighted by Gasteiger charge is -2.07. The summed E-state index contributed by atoms with van der Waals surface area (Å²) in [5.41, 5.74) is 0.621. The van der Waals surface area contributed by atoms with Crippen molar-refractivity contribution < 1.29 is 24.6 Å². The molecule has 0 atom stereocenters. The molecule has 2 N–H and O–H groups in total. The first kappa shape index (κ1) is 13.9. The molecule has 0 aliphatic carbocycles. The molecule has 3 aromatic rings. The van der Waals surface area contributed by atoms with Gasteiger partial charge in [-0.1, -0.05) is 12.1 Å². The van der Waals surface area contributed by atoms with Gasteiger partial charge in [-0.3, -0.25) is 4.79 Å². The highest BCUT2D eigenvalue weighted by atomic mass is 16.7. The molecule has 8 heteroatoms. The molecule has 24 heavy (non-hydrogen) atoms. The smallest absolute Gasteiger partial charge is 0.363 e. The Bertz CT molecular complexity index is 1010. The van der Waals surface area contributed by atoms with E-state index >= 15 is 0 Å². The summed E-state index contributed by atoms with van der Waals surface area (Å²) < 4.78 is 0.636. The van der Waals surface area contributed by atoms with Crippen LogP contribution in [0.2, 0.25) is 0 Å². The van der Waals surface area contributed by atoms with Crippen LogP contribution in [0.4, 0.5) is 5.69 Å². The first-order chi connectivity index (χ1) is 11.6. The quantitative estimate of drug-likeness (QED) is 0.752. The van der Waals surface area contributed by atoms with Crippen LogP contribution in [0.3, 0.4) is 0 Å². The summed E-state index contributed by atoms with van der Waals surface area (Å²) in [5, 5.41) is 27.9.